The van der Waals surface area contributed by atoms with E-state index in [9.17, 15) is 4.79 Å². The van der Waals surface area contributed by atoms with Gasteiger partial charge in [-0.3, -0.25) is 4.79 Å². The average molecular weight is 461 g/mol. The van der Waals surface area contributed by atoms with Crippen LogP contribution in [-0.4, -0.2) is 48.8 Å². The van der Waals surface area contributed by atoms with Gasteiger partial charge in [0.2, 0.25) is 0 Å². The summed E-state index contributed by atoms with van der Waals surface area (Å²) in [7, 11) is 1.39. The highest BCUT2D eigenvalue weighted by atomic mass is 35.5. The lowest BCUT2D eigenvalue weighted by Crippen LogP contribution is -2.42. The lowest BCUT2D eigenvalue weighted by Gasteiger charge is -2.38. The fourth-order valence-corrected chi connectivity index (χ4v) is 4.00. The Bertz CT molecular complexity index is 912. The summed E-state index contributed by atoms with van der Waals surface area (Å²) < 4.78 is 10.6. The van der Waals surface area contributed by atoms with Crippen molar-refractivity contribution in [1.29, 1.82) is 0 Å². The second-order valence-electron chi connectivity index (χ2n) is 9.06. The first-order valence-electron chi connectivity index (χ1n) is 11.0. The molecule has 0 unspecified atom stereocenters. The van der Waals surface area contributed by atoms with Crippen molar-refractivity contribution in [1.82, 2.24) is 9.97 Å². The third-order valence-corrected chi connectivity index (χ3v) is 5.91. The number of carbonyl (C=O) groups excluding carboxylic acids is 1. The van der Waals surface area contributed by atoms with Crippen LogP contribution < -0.4 is 10.2 Å². The summed E-state index contributed by atoms with van der Waals surface area (Å²) in [6.07, 6.45) is 3.51. The third kappa shape index (κ3) is 5.70. The summed E-state index contributed by atoms with van der Waals surface area (Å²) in [5.41, 5.74) is 0.714. The Morgan fingerprint density at radius 3 is 2.59 bits per heavy atom. The lowest BCUT2D eigenvalue weighted by atomic mass is 9.88. The molecule has 3 heterocycles. The first-order chi connectivity index (χ1) is 15.2. The molecule has 0 spiro atoms. The Morgan fingerprint density at radius 2 is 2.00 bits per heavy atom. The molecule has 0 aliphatic carbocycles. The van der Waals surface area contributed by atoms with Crippen molar-refractivity contribution in [3.63, 3.8) is 0 Å². The van der Waals surface area contributed by atoms with Crippen LogP contribution in [0, 0.1) is 5.92 Å². The zero-order chi connectivity index (χ0) is 23.3. The van der Waals surface area contributed by atoms with Crippen LogP contribution in [0.4, 0.5) is 17.3 Å². The minimum atomic E-state index is -0.890. The number of nitrogens with one attached hydrogen (secondary N) is 1. The first-order valence-corrected chi connectivity index (χ1v) is 11.4. The Labute approximate surface area is 195 Å². The molecule has 7 nitrogen and oxygen atoms in total. The molecule has 0 atom stereocenters. The van der Waals surface area contributed by atoms with Gasteiger partial charge in [0.15, 0.2) is 5.82 Å². The summed E-state index contributed by atoms with van der Waals surface area (Å²) >= 11 is 6.01. The van der Waals surface area contributed by atoms with Gasteiger partial charge in [-0.1, -0.05) is 25.4 Å². The highest BCUT2D eigenvalue weighted by Gasteiger charge is 2.34. The summed E-state index contributed by atoms with van der Waals surface area (Å²) in [5, 5.41) is 3.92. The summed E-state index contributed by atoms with van der Waals surface area (Å²) in [6, 6.07) is 7.91. The summed E-state index contributed by atoms with van der Waals surface area (Å²) in [5.74, 6) is 1.41. The molecule has 2 aromatic rings. The number of aromatic nitrogens is 2. The molecule has 32 heavy (non-hydrogen) atoms. The van der Waals surface area contributed by atoms with E-state index in [-0.39, 0.29) is 5.97 Å². The van der Waals surface area contributed by atoms with E-state index >= 15 is 0 Å². The van der Waals surface area contributed by atoms with E-state index in [4.69, 9.17) is 26.1 Å². The van der Waals surface area contributed by atoms with Crippen molar-refractivity contribution in [2.45, 2.75) is 52.0 Å². The SMILES string of the molecule is COC(=O)C(C)(C)c1ccc(N(CC(C)C)C2CCOCC2)c(Nc2ccc(Cl)cn2)n1. The molecule has 174 valence electrons. The summed E-state index contributed by atoms with van der Waals surface area (Å²) in [6.45, 7) is 10.4. The van der Waals surface area contributed by atoms with Gasteiger partial charge >= 0.3 is 5.97 Å². The Hall–Kier alpha value is -2.38. The van der Waals surface area contributed by atoms with Crippen molar-refractivity contribution in [2.24, 2.45) is 5.92 Å². The van der Waals surface area contributed by atoms with Gasteiger partial charge < -0.3 is 19.7 Å². The number of anilines is 3. The molecule has 8 heteroatoms. The maximum absolute atomic E-state index is 12.4. The molecular weight excluding hydrogens is 428 g/mol. The molecule has 1 aliphatic heterocycles. The van der Waals surface area contributed by atoms with Gasteiger partial charge in [0.25, 0.3) is 0 Å². The number of methoxy groups -OCH3 is 1. The fourth-order valence-electron chi connectivity index (χ4n) is 3.89. The molecule has 0 aromatic carbocycles. The molecule has 0 amide bonds. The minimum Gasteiger partial charge on any atom is -0.468 e. The van der Waals surface area contributed by atoms with Crippen molar-refractivity contribution in [2.75, 3.05) is 37.1 Å². The third-order valence-electron chi connectivity index (χ3n) is 5.69. The van der Waals surface area contributed by atoms with Crippen LogP contribution in [0.25, 0.3) is 0 Å². The number of nitrogens with zero attached hydrogens (tertiary/aromatic N) is 3. The van der Waals surface area contributed by atoms with Crippen molar-refractivity contribution in [3.8, 4) is 0 Å². The van der Waals surface area contributed by atoms with Crippen LogP contribution in [0.5, 0.6) is 0 Å². The molecule has 0 saturated carbocycles. The number of halogens is 1. The van der Waals surface area contributed by atoms with Crippen LogP contribution in [0.15, 0.2) is 30.5 Å². The normalized spacial score (nSPS) is 15.0. The number of pyridine rings is 2. The monoisotopic (exact) mass is 460 g/mol. The first kappa shape index (κ1) is 24.3. The topological polar surface area (TPSA) is 76.6 Å². The van der Waals surface area contributed by atoms with E-state index in [1.807, 2.05) is 32.0 Å². The van der Waals surface area contributed by atoms with Crippen LogP contribution >= 0.6 is 11.6 Å². The number of ether oxygens (including phenoxy) is 2. The fraction of sp³-hybridized carbons (Fsp3) is 0.542. The highest BCUT2D eigenvalue weighted by molar-refractivity contribution is 6.30. The maximum Gasteiger partial charge on any atom is 0.317 e. The molecule has 1 fully saturated rings. The minimum absolute atomic E-state index is 0.336. The van der Waals surface area contributed by atoms with Gasteiger partial charge in [0, 0.05) is 32.0 Å². The van der Waals surface area contributed by atoms with Crippen LogP contribution in [0.2, 0.25) is 5.02 Å². The lowest BCUT2D eigenvalue weighted by molar-refractivity contribution is -0.146. The quantitative estimate of drug-likeness (QED) is 0.557. The van der Waals surface area contributed by atoms with Crippen LogP contribution in [0.3, 0.4) is 0 Å². The molecule has 3 rings (SSSR count). The summed E-state index contributed by atoms with van der Waals surface area (Å²) in [4.78, 5) is 24.1. The second kappa shape index (κ2) is 10.5. The van der Waals surface area contributed by atoms with E-state index in [1.54, 1.807) is 12.3 Å². The predicted octanol–water partition coefficient (Wildman–Crippen LogP) is 4.97. The van der Waals surface area contributed by atoms with Gasteiger partial charge in [-0.05, 0) is 56.9 Å². The van der Waals surface area contributed by atoms with Crippen LogP contribution in [0.1, 0.15) is 46.2 Å². The molecule has 1 N–H and O–H groups in total. The van der Waals surface area contributed by atoms with Crippen molar-refractivity contribution < 1.29 is 14.3 Å². The van der Waals surface area contributed by atoms with Crippen molar-refractivity contribution >= 4 is 34.9 Å². The molecule has 1 saturated heterocycles. The molecule has 1 aliphatic rings. The van der Waals surface area contributed by atoms with Gasteiger partial charge in [0.05, 0.1) is 23.5 Å². The van der Waals surface area contributed by atoms with Gasteiger partial charge in [-0.25, -0.2) is 9.97 Å². The van der Waals surface area contributed by atoms with E-state index < -0.39 is 5.41 Å². The smallest absolute Gasteiger partial charge is 0.317 e. The number of hydrogen-bond acceptors (Lipinski definition) is 7. The molecular formula is C24H33ClN4O3. The standard InChI is InChI=1S/C24H33ClN4O3/c1-16(2)15-29(18-10-12-32-13-11-18)19-7-8-20(24(3,4)23(30)31-5)27-22(19)28-21-9-6-17(25)14-26-21/h6-9,14,16,18H,10-13,15H2,1-5H3,(H,26,27,28). The number of carbonyl (C=O) groups is 1. The molecule has 0 bridgehead atoms. The second-order valence-corrected chi connectivity index (χ2v) is 9.49. The zero-order valence-electron chi connectivity index (χ0n) is 19.5. The average Bonchev–Trinajstić information content (AvgIpc) is 2.79. The van der Waals surface area contributed by atoms with E-state index in [2.05, 4.69) is 29.0 Å². The number of rotatable bonds is 8. The molecule has 2 aromatic heterocycles. The van der Waals surface area contributed by atoms with E-state index in [0.717, 1.165) is 38.3 Å². The predicted molar refractivity (Wildman–Crippen MR) is 128 cm³/mol. The maximum atomic E-state index is 12.4. The van der Waals surface area contributed by atoms with Crippen LogP contribution in [-0.2, 0) is 19.7 Å². The number of hydrogen-bond donors (Lipinski definition) is 1. The van der Waals surface area contributed by atoms with Crippen molar-refractivity contribution in [3.05, 3.63) is 41.2 Å². The zero-order valence-corrected chi connectivity index (χ0v) is 20.3. The largest absolute Gasteiger partial charge is 0.468 e. The van der Waals surface area contributed by atoms with E-state index in [0.29, 0.717) is 34.3 Å². The Morgan fingerprint density at radius 1 is 1.28 bits per heavy atom. The van der Waals surface area contributed by atoms with E-state index in [1.165, 1.54) is 7.11 Å². The Kier molecular flexibility index (Phi) is 7.96. The van der Waals surface area contributed by atoms with Gasteiger partial charge in [-0.2, -0.15) is 0 Å². The van der Waals surface area contributed by atoms with Gasteiger partial charge in [0.1, 0.15) is 11.2 Å². The number of esters is 1. The molecule has 0 radical (unpaired) electrons. The Balaban J connectivity index is 2.07. The van der Waals surface area contributed by atoms with Gasteiger partial charge in [-0.15, -0.1) is 0 Å². The highest BCUT2D eigenvalue weighted by Crippen LogP contribution is 2.34.